The van der Waals surface area contributed by atoms with Crippen LogP contribution in [0.4, 0.5) is 0 Å². The monoisotopic (exact) mass is 344 g/mol. The Hall–Kier alpha value is -1.95. The van der Waals surface area contributed by atoms with Gasteiger partial charge in [-0.25, -0.2) is 0 Å². The van der Waals surface area contributed by atoms with Crippen molar-refractivity contribution < 1.29 is 9.59 Å². The van der Waals surface area contributed by atoms with Gasteiger partial charge in [0.2, 0.25) is 11.8 Å². The molecule has 2 aliphatic heterocycles. The molecule has 2 saturated heterocycles. The van der Waals surface area contributed by atoms with Crippen LogP contribution in [0.1, 0.15) is 31.9 Å². The number of carbonyl (C=O) groups excluding carboxylic acids is 2. The van der Waals surface area contributed by atoms with Crippen LogP contribution < -0.4 is 0 Å². The van der Waals surface area contributed by atoms with E-state index in [0.29, 0.717) is 19.5 Å². The molecule has 0 aliphatic carbocycles. The average molecular weight is 344 g/mol. The van der Waals surface area contributed by atoms with E-state index in [1.165, 1.54) is 0 Å². The normalized spacial score (nSPS) is 22.0. The summed E-state index contributed by atoms with van der Waals surface area (Å²) in [5.74, 6) is 0.349. The first-order chi connectivity index (χ1) is 12.2. The molecular weight excluding hydrogens is 316 g/mol. The van der Waals surface area contributed by atoms with E-state index in [2.05, 4.69) is 16.8 Å². The fraction of sp³-hybridized carbons (Fsp3) is 0.632. The maximum atomic E-state index is 12.9. The van der Waals surface area contributed by atoms with Gasteiger partial charge in [-0.05, 0) is 44.5 Å². The van der Waals surface area contributed by atoms with Crippen LogP contribution in [0.3, 0.4) is 0 Å². The summed E-state index contributed by atoms with van der Waals surface area (Å²) >= 11 is 0. The zero-order chi connectivity index (χ0) is 17.6. The minimum atomic E-state index is 0.0424. The third-order valence-electron chi connectivity index (χ3n) is 5.27. The molecule has 1 atom stereocenters. The summed E-state index contributed by atoms with van der Waals surface area (Å²) in [4.78, 5) is 35.7. The minimum absolute atomic E-state index is 0.0424. The molecule has 2 fully saturated rings. The molecular formula is C19H28N4O2. The van der Waals surface area contributed by atoms with Crippen LogP contribution in [0, 0.1) is 0 Å². The largest absolute Gasteiger partial charge is 0.341 e. The highest BCUT2D eigenvalue weighted by Crippen LogP contribution is 2.19. The van der Waals surface area contributed by atoms with Crippen molar-refractivity contribution in [3.63, 3.8) is 0 Å². The van der Waals surface area contributed by atoms with Crippen LogP contribution >= 0.6 is 0 Å². The molecule has 0 spiro atoms. The van der Waals surface area contributed by atoms with Gasteiger partial charge in [0.05, 0.1) is 12.5 Å². The number of likely N-dealkylation sites (tertiary alicyclic amines) is 1. The first-order valence-electron chi connectivity index (χ1n) is 9.39. The van der Waals surface area contributed by atoms with Gasteiger partial charge >= 0.3 is 0 Å². The number of amides is 2. The Kier molecular flexibility index (Phi) is 6.02. The lowest BCUT2D eigenvalue weighted by Gasteiger charge is -2.29. The number of rotatable bonds is 4. The highest BCUT2D eigenvalue weighted by Gasteiger charge is 2.33. The second-order valence-electron chi connectivity index (χ2n) is 6.84. The van der Waals surface area contributed by atoms with Crippen molar-refractivity contribution in [2.45, 2.75) is 38.6 Å². The number of carbonyl (C=O) groups is 2. The highest BCUT2D eigenvalue weighted by atomic mass is 16.2. The lowest BCUT2D eigenvalue weighted by molar-refractivity contribution is -0.136. The zero-order valence-corrected chi connectivity index (χ0v) is 15.1. The fourth-order valence-electron chi connectivity index (χ4n) is 3.85. The Morgan fingerprint density at radius 1 is 1.08 bits per heavy atom. The van der Waals surface area contributed by atoms with Gasteiger partial charge in [0, 0.05) is 38.1 Å². The number of hydrogen-bond donors (Lipinski definition) is 0. The summed E-state index contributed by atoms with van der Waals surface area (Å²) in [6.45, 7) is 6.80. The molecule has 1 aromatic rings. The van der Waals surface area contributed by atoms with Crippen LogP contribution in [-0.4, -0.2) is 76.8 Å². The molecule has 136 valence electrons. The maximum absolute atomic E-state index is 12.9. The summed E-state index contributed by atoms with van der Waals surface area (Å²) in [7, 11) is 0. The molecule has 0 bridgehead atoms. The van der Waals surface area contributed by atoms with Gasteiger partial charge < -0.3 is 9.80 Å². The van der Waals surface area contributed by atoms with Crippen LogP contribution in [0.15, 0.2) is 24.4 Å². The van der Waals surface area contributed by atoms with Gasteiger partial charge in [-0.3, -0.25) is 19.5 Å². The Morgan fingerprint density at radius 2 is 1.88 bits per heavy atom. The van der Waals surface area contributed by atoms with E-state index in [1.807, 2.05) is 28.0 Å². The quantitative estimate of drug-likeness (QED) is 0.823. The molecule has 2 aliphatic rings. The maximum Gasteiger partial charge on any atom is 0.239 e. The summed E-state index contributed by atoms with van der Waals surface area (Å²) in [5, 5.41) is 0. The summed E-state index contributed by atoms with van der Waals surface area (Å²) < 4.78 is 0. The number of nitrogens with zero attached hydrogens (tertiary/aromatic N) is 4. The molecule has 3 heterocycles. The first kappa shape index (κ1) is 17.9. The third-order valence-corrected chi connectivity index (χ3v) is 5.27. The van der Waals surface area contributed by atoms with Crippen LogP contribution in [0.25, 0.3) is 0 Å². The van der Waals surface area contributed by atoms with Crippen LogP contribution in [0.5, 0.6) is 0 Å². The third kappa shape index (κ3) is 4.37. The molecule has 0 unspecified atom stereocenters. The smallest absolute Gasteiger partial charge is 0.239 e. The molecule has 0 aromatic carbocycles. The van der Waals surface area contributed by atoms with E-state index in [-0.39, 0.29) is 17.9 Å². The number of aromatic nitrogens is 1. The molecule has 0 saturated carbocycles. The lowest BCUT2D eigenvalue weighted by Crippen LogP contribution is -2.47. The van der Waals surface area contributed by atoms with Crippen molar-refractivity contribution in [3.8, 4) is 0 Å². The minimum Gasteiger partial charge on any atom is -0.341 e. The van der Waals surface area contributed by atoms with E-state index in [9.17, 15) is 9.59 Å². The van der Waals surface area contributed by atoms with E-state index in [1.54, 1.807) is 6.20 Å². The van der Waals surface area contributed by atoms with Gasteiger partial charge in [-0.1, -0.05) is 13.0 Å². The van der Waals surface area contributed by atoms with Crippen molar-refractivity contribution >= 4 is 11.8 Å². The molecule has 6 heteroatoms. The summed E-state index contributed by atoms with van der Waals surface area (Å²) in [6, 6.07) is 5.68. The van der Waals surface area contributed by atoms with E-state index >= 15 is 0 Å². The number of likely N-dealkylation sites (N-methyl/N-ethyl adjacent to an activating group) is 1. The Bertz CT molecular complexity index is 592. The van der Waals surface area contributed by atoms with E-state index in [0.717, 1.165) is 51.1 Å². The van der Waals surface area contributed by atoms with Crippen molar-refractivity contribution in [2.24, 2.45) is 0 Å². The Morgan fingerprint density at radius 3 is 2.64 bits per heavy atom. The first-order valence-corrected chi connectivity index (χ1v) is 9.39. The second kappa shape index (κ2) is 8.43. The van der Waals surface area contributed by atoms with Gasteiger partial charge in [0.1, 0.15) is 0 Å². The average Bonchev–Trinajstić information content (AvgIpc) is 2.97. The molecule has 25 heavy (non-hydrogen) atoms. The number of hydrogen-bond acceptors (Lipinski definition) is 4. The molecule has 3 rings (SSSR count). The van der Waals surface area contributed by atoms with Gasteiger partial charge in [-0.15, -0.1) is 0 Å². The zero-order valence-electron chi connectivity index (χ0n) is 15.1. The van der Waals surface area contributed by atoms with E-state index in [4.69, 9.17) is 0 Å². The molecule has 1 aromatic heterocycles. The van der Waals surface area contributed by atoms with Gasteiger partial charge in [0.25, 0.3) is 0 Å². The topological polar surface area (TPSA) is 56.8 Å². The number of pyridine rings is 1. The van der Waals surface area contributed by atoms with Crippen molar-refractivity contribution in [2.75, 3.05) is 39.3 Å². The lowest BCUT2D eigenvalue weighted by atomic mass is 10.2. The predicted octanol–water partition coefficient (Wildman–Crippen LogP) is 1.17. The molecule has 6 nitrogen and oxygen atoms in total. The predicted molar refractivity (Wildman–Crippen MR) is 96.0 cm³/mol. The summed E-state index contributed by atoms with van der Waals surface area (Å²) in [5.41, 5.74) is 0.800. The van der Waals surface area contributed by atoms with Crippen LogP contribution in [0.2, 0.25) is 0 Å². The van der Waals surface area contributed by atoms with Crippen LogP contribution in [-0.2, 0) is 16.0 Å². The molecule has 0 radical (unpaired) electrons. The SMILES string of the molecule is CCN1CCC[C@H]1C(=O)N1CCCN(C(=O)Cc2ccccn2)CC1. The van der Waals surface area contributed by atoms with Gasteiger partial charge in [-0.2, -0.15) is 0 Å². The molecule has 0 N–H and O–H groups in total. The van der Waals surface area contributed by atoms with E-state index < -0.39 is 0 Å². The van der Waals surface area contributed by atoms with Crippen molar-refractivity contribution in [1.82, 2.24) is 19.7 Å². The Labute approximate surface area is 149 Å². The fourth-order valence-corrected chi connectivity index (χ4v) is 3.85. The highest BCUT2D eigenvalue weighted by molar-refractivity contribution is 5.82. The van der Waals surface area contributed by atoms with Gasteiger partial charge in [0.15, 0.2) is 0 Å². The second-order valence-corrected chi connectivity index (χ2v) is 6.84. The standard InChI is InChI=1S/C19H28N4O2/c1-2-21-10-5-8-17(21)19(25)23-12-6-11-22(13-14-23)18(24)15-16-7-3-4-9-20-16/h3-4,7,9,17H,2,5-6,8,10-15H2,1H3/t17-/m0/s1. The van der Waals surface area contributed by atoms with Crippen molar-refractivity contribution in [1.29, 1.82) is 0 Å². The van der Waals surface area contributed by atoms with Crippen molar-refractivity contribution in [3.05, 3.63) is 30.1 Å². The summed E-state index contributed by atoms with van der Waals surface area (Å²) in [6.07, 6.45) is 4.96. The Balaban J connectivity index is 1.55. The molecule has 2 amide bonds.